The first-order valence-corrected chi connectivity index (χ1v) is 13.1. The van der Waals surface area contributed by atoms with Gasteiger partial charge in [0, 0.05) is 18.8 Å². The van der Waals surface area contributed by atoms with E-state index in [0.29, 0.717) is 17.7 Å². The molecule has 0 N–H and O–H groups in total. The summed E-state index contributed by atoms with van der Waals surface area (Å²) in [5, 5.41) is 13.5. The van der Waals surface area contributed by atoms with Gasteiger partial charge < -0.3 is 14.0 Å². The van der Waals surface area contributed by atoms with E-state index in [1.807, 2.05) is 0 Å². The molecule has 3 aliphatic rings. The van der Waals surface area contributed by atoms with Crippen LogP contribution in [0.15, 0.2) is 29.6 Å². The lowest BCUT2D eigenvalue weighted by atomic mass is 10.1. The second kappa shape index (κ2) is 7.51. The first-order chi connectivity index (χ1) is 17.5. The van der Waals surface area contributed by atoms with Gasteiger partial charge in [-0.3, -0.25) is 14.4 Å². The minimum Gasteiger partial charge on any atom is -0.395 e. The van der Waals surface area contributed by atoms with E-state index >= 15 is 0 Å². The van der Waals surface area contributed by atoms with Crippen molar-refractivity contribution in [2.75, 3.05) is 10.7 Å². The predicted octanol–water partition coefficient (Wildman–Crippen LogP) is 2.86. The van der Waals surface area contributed by atoms with Crippen LogP contribution in [0.25, 0.3) is 11.4 Å². The summed E-state index contributed by atoms with van der Waals surface area (Å²) in [6.45, 7) is 1.80. The summed E-state index contributed by atoms with van der Waals surface area (Å²) in [4.78, 5) is 19.1. The minimum absolute atomic E-state index is 0.0729. The van der Waals surface area contributed by atoms with Crippen LogP contribution in [-0.4, -0.2) is 45.7 Å². The first kappa shape index (κ1) is 23.4. The molecule has 0 radical (unpaired) electrons. The molecule has 6 rings (SSSR count). The Morgan fingerprint density at radius 2 is 1.92 bits per heavy atom. The molecule has 1 fully saturated rings. The fraction of sp³-hybridized carbons (Fsp3) is 0.391. The second-order valence-electron chi connectivity index (χ2n) is 9.36. The number of aromatic nitrogens is 4. The molecule has 0 unspecified atom stereocenters. The quantitative estimate of drug-likeness (QED) is 0.475. The number of nitriles is 1. The van der Waals surface area contributed by atoms with Crippen molar-refractivity contribution in [3.63, 3.8) is 0 Å². The molecule has 37 heavy (non-hydrogen) atoms. The number of carbonyl (C=O) groups is 1. The van der Waals surface area contributed by atoms with Crippen molar-refractivity contribution in [3.8, 4) is 29.0 Å². The van der Waals surface area contributed by atoms with Crippen LogP contribution in [0.1, 0.15) is 35.7 Å². The largest absolute Gasteiger partial charge is 0.586 e. The van der Waals surface area contributed by atoms with Crippen molar-refractivity contribution in [1.29, 1.82) is 5.26 Å². The number of hydrogen-bond donors (Lipinski definition) is 0. The first-order valence-electron chi connectivity index (χ1n) is 11.4. The third-order valence-electron chi connectivity index (χ3n) is 6.83. The van der Waals surface area contributed by atoms with Crippen LogP contribution in [-0.2, 0) is 30.0 Å². The molecule has 11 nitrogen and oxygen atoms in total. The van der Waals surface area contributed by atoms with E-state index in [1.54, 1.807) is 10.9 Å². The Morgan fingerprint density at radius 3 is 2.57 bits per heavy atom. The van der Waals surface area contributed by atoms with Gasteiger partial charge >= 0.3 is 6.29 Å². The molecule has 0 atom stereocenters. The lowest BCUT2D eigenvalue weighted by molar-refractivity contribution is -0.286. The van der Waals surface area contributed by atoms with Gasteiger partial charge in [0.05, 0.1) is 42.1 Å². The number of amides is 1. The number of rotatable bonds is 6. The molecule has 1 aromatic carbocycles. The zero-order valence-corrected chi connectivity index (χ0v) is 20.6. The molecule has 3 aromatic rings. The highest BCUT2D eigenvalue weighted by molar-refractivity contribution is 7.91. The van der Waals surface area contributed by atoms with Crippen LogP contribution < -0.4 is 14.4 Å². The van der Waals surface area contributed by atoms with Gasteiger partial charge in [0.25, 0.3) is 5.91 Å². The van der Waals surface area contributed by atoms with Crippen LogP contribution in [0.2, 0.25) is 0 Å². The Morgan fingerprint density at radius 1 is 1.22 bits per heavy atom. The maximum atomic E-state index is 13.5. The number of imidazole rings is 1. The molecule has 1 saturated carbocycles. The van der Waals surface area contributed by atoms with Crippen LogP contribution in [0.4, 0.5) is 14.6 Å². The van der Waals surface area contributed by atoms with Crippen LogP contribution >= 0.6 is 0 Å². The fourth-order valence-electron chi connectivity index (χ4n) is 4.65. The third-order valence-corrected chi connectivity index (χ3v) is 8.64. The molecule has 1 amide bonds. The predicted molar refractivity (Wildman–Crippen MR) is 123 cm³/mol. The van der Waals surface area contributed by atoms with E-state index in [2.05, 4.69) is 25.6 Å². The van der Waals surface area contributed by atoms with E-state index in [4.69, 9.17) is 0 Å². The summed E-state index contributed by atoms with van der Waals surface area (Å²) >= 11 is 0. The van der Waals surface area contributed by atoms with Crippen LogP contribution in [0.5, 0.6) is 11.5 Å². The highest BCUT2D eigenvalue weighted by Gasteiger charge is 2.46. The Hall–Kier alpha value is -3.99. The highest BCUT2D eigenvalue weighted by atomic mass is 32.2. The van der Waals surface area contributed by atoms with Crippen molar-refractivity contribution < 1.29 is 31.5 Å². The standard InChI is InChI=1S/C23H20F2N6O5S/c1-3-37(33,34)21-19(28-18(29(21)2)14-8-27-30(9-14)12-22(11-26)4-5-22)31-10-13-6-16-17(7-15(13)20(31)32)36-23(24,25)35-16/h6-9H,3-5,10,12H2,1-2H3. The topological polar surface area (TPSA) is 132 Å². The zero-order valence-electron chi connectivity index (χ0n) is 19.7. The number of fused-ring (bicyclic) bond motifs is 2. The van der Waals surface area contributed by atoms with E-state index < -0.39 is 27.5 Å². The Bertz CT molecular complexity index is 1630. The summed E-state index contributed by atoms with van der Waals surface area (Å²) in [5.41, 5.74) is 0.544. The van der Waals surface area contributed by atoms with Gasteiger partial charge in [-0.1, -0.05) is 6.92 Å². The maximum Gasteiger partial charge on any atom is 0.586 e. The van der Waals surface area contributed by atoms with E-state index in [0.717, 1.165) is 12.8 Å². The van der Waals surface area contributed by atoms with Gasteiger partial charge in [-0.2, -0.15) is 10.4 Å². The number of sulfone groups is 1. The number of benzene rings is 1. The SMILES string of the molecule is CCS(=O)(=O)c1c(N2Cc3cc4c(cc3C2=O)OC(F)(F)O4)nc(-c2cnn(CC3(C#N)CC3)c2)n1C. The van der Waals surface area contributed by atoms with Crippen molar-refractivity contribution >= 4 is 21.6 Å². The number of anilines is 1. The van der Waals surface area contributed by atoms with Crippen molar-refractivity contribution in [1.82, 2.24) is 19.3 Å². The smallest absolute Gasteiger partial charge is 0.395 e. The number of carbonyl (C=O) groups excluding carboxylic acids is 1. The van der Waals surface area contributed by atoms with Crippen molar-refractivity contribution in [2.45, 2.75) is 44.2 Å². The molecule has 1 aliphatic carbocycles. The molecular formula is C23H20F2N6O5S. The number of ether oxygens (including phenoxy) is 2. The fourth-order valence-corrected chi connectivity index (χ4v) is 5.86. The minimum atomic E-state index is -3.85. The summed E-state index contributed by atoms with van der Waals surface area (Å²) in [7, 11) is -2.31. The molecule has 0 saturated heterocycles. The molecule has 0 bridgehead atoms. The van der Waals surface area contributed by atoms with Crippen LogP contribution in [0.3, 0.4) is 0 Å². The van der Waals surface area contributed by atoms with Gasteiger partial charge in [-0.05, 0) is 30.5 Å². The summed E-state index contributed by atoms with van der Waals surface area (Å²) < 4.78 is 65.2. The third kappa shape index (κ3) is 3.64. The second-order valence-corrected chi connectivity index (χ2v) is 11.6. The van der Waals surface area contributed by atoms with Crippen molar-refractivity contribution in [3.05, 3.63) is 35.7 Å². The molecule has 0 spiro atoms. The lowest BCUT2D eigenvalue weighted by Gasteiger charge is -2.15. The van der Waals surface area contributed by atoms with Crippen LogP contribution in [0, 0.1) is 16.7 Å². The summed E-state index contributed by atoms with van der Waals surface area (Å²) in [5.74, 6) is -1.12. The summed E-state index contributed by atoms with van der Waals surface area (Å²) in [6.07, 6.45) is 0.973. The lowest BCUT2D eigenvalue weighted by Crippen LogP contribution is -2.26. The Kier molecular flexibility index (Phi) is 4.75. The van der Waals surface area contributed by atoms with Gasteiger partial charge in [0.1, 0.15) is 5.82 Å². The molecule has 14 heteroatoms. The number of halogens is 2. The Balaban J connectivity index is 1.40. The van der Waals surface area contributed by atoms with Crippen molar-refractivity contribution in [2.24, 2.45) is 12.5 Å². The Labute approximate surface area is 209 Å². The molecule has 2 aromatic heterocycles. The number of hydrogen-bond acceptors (Lipinski definition) is 8. The normalized spacial score (nSPS) is 18.7. The number of nitrogens with zero attached hydrogens (tertiary/aromatic N) is 6. The molecule has 2 aliphatic heterocycles. The van der Waals surface area contributed by atoms with E-state index in [1.165, 1.54) is 41.8 Å². The van der Waals surface area contributed by atoms with E-state index in [-0.39, 0.29) is 46.0 Å². The van der Waals surface area contributed by atoms with Gasteiger partial charge in [-0.15, -0.1) is 8.78 Å². The maximum absolute atomic E-state index is 13.5. The molecule has 192 valence electrons. The summed E-state index contributed by atoms with van der Waals surface area (Å²) in [6, 6.07) is 4.76. The number of alkyl halides is 2. The highest BCUT2D eigenvalue weighted by Crippen LogP contribution is 2.47. The monoisotopic (exact) mass is 530 g/mol. The van der Waals surface area contributed by atoms with Gasteiger partial charge in [-0.25, -0.2) is 13.4 Å². The average molecular weight is 531 g/mol. The molecule has 4 heterocycles. The van der Waals surface area contributed by atoms with Gasteiger partial charge in [0.15, 0.2) is 32.2 Å². The van der Waals surface area contributed by atoms with E-state index in [9.17, 15) is 27.3 Å². The zero-order chi connectivity index (χ0) is 26.3. The average Bonchev–Trinajstić information content (AvgIpc) is 3.10. The van der Waals surface area contributed by atoms with Gasteiger partial charge in [0.2, 0.25) is 0 Å². The molecular weight excluding hydrogens is 510 g/mol.